The molecule has 0 unspecified atom stereocenters. The van der Waals surface area contributed by atoms with Crippen molar-refractivity contribution >= 4 is 11.3 Å². The molecule has 2 rings (SSSR count). The maximum Gasteiger partial charge on any atom is 0.142 e. The van der Waals surface area contributed by atoms with E-state index < -0.39 is 0 Å². The first-order valence-corrected chi connectivity index (χ1v) is 5.42. The molecule has 15 heavy (non-hydrogen) atoms. The lowest BCUT2D eigenvalue weighted by molar-refractivity contribution is 1.15. The summed E-state index contributed by atoms with van der Waals surface area (Å²) in [5.74, 6) is 0. The predicted octanol–water partition coefficient (Wildman–Crippen LogP) is 2.58. The van der Waals surface area contributed by atoms with Gasteiger partial charge in [0.1, 0.15) is 5.01 Å². The van der Waals surface area contributed by atoms with Crippen LogP contribution in [0.5, 0.6) is 0 Å². The van der Waals surface area contributed by atoms with Crippen LogP contribution >= 0.6 is 11.3 Å². The van der Waals surface area contributed by atoms with Crippen molar-refractivity contribution in [2.75, 3.05) is 0 Å². The summed E-state index contributed by atoms with van der Waals surface area (Å²) in [6, 6.07) is 6.03. The first-order valence-electron chi connectivity index (χ1n) is 4.54. The van der Waals surface area contributed by atoms with Gasteiger partial charge >= 0.3 is 0 Å². The Balaban J connectivity index is 2.34. The minimum atomic E-state index is 0.363. The van der Waals surface area contributed by atoms with Crippen molar-refractivity contribution in [3.8, 4) is 16.8 Å². The second-order valence-corrected chi connectivity index (χ2v) is 4.06. The van der Waals surface area contributed by atoms with E-state index in [1.165, 1.54) is 11.3 Å². The number of nitriles is 1. The van der Waals surface area contributed by atoms with Crippen LogP contribution in [-0.2, 0) is 6.42 Å². The second kappa shape index (κ2) is 4.20. The van der Waals surface area contributed by atoms with Crippen LogP contribution in [-0.4, -0.2) is 9.97 Å². The van der Waals surface area contributed by atoms with E-state index in [1.807, 2.05) is 24.4 Å². The Kier molecular flexibility index (Phi) is 2.75. The third kappa shape index (κ3) is 2.20. The van der Waals surface area contributed by atoms with Gasteiger partial charge in [-0.3, -0.25) is 4.98 Å². The van der Waals surface area contributed by atoms with Crippen LogP contribution in [0.2, 0.25) is 0 Å². The molecule has 4 heteroatoms. The lowest BCUT2D eigenvalue weighted by Crippen LogP contribution is -1.85. The summed E-state index contributed by atoms with van der Waals surface area (Å²) in [5.41, 5.74) is 2.86. The molecule has 0 N–H and O–H groups in total. The Morgan fingerprint density at radius 2 is 2.40 bits per heavy atom. The largest absolute Gasteiger partial charge is 0.254 e. The van der Waals surface area contributed by atoms with Gasteiger partial charge in [0.25, 0.3) is 0 Å². The molecule has 3 nitrogen and oxygen atoms in total. The van der Waals surface area contributed by atoms with Crippen molar-refractivity contribution in [1.29, 1.82) is 5.26 Å². The zero-order valence-electron chi connectivity index (χ0n) is 8.27. The Morgan fingerprint density at radius 1 is 1.53 bits per heavy atom. The number of aromatic nitrogens is 2. The van der Waals surface area contributed by atoms with Crippen LogP contribution in [0.1, 0.15) is 11.3 Å². The van der Waals surface area contributed by atoms with Crippen LogP contribution in [0, 0.1) is 18.3 Å². The topological polar surface area (TPSA) is 49.6 Å². The van der Waals surface area contributed by atoms with Gasteiger partial charge in [0, 0.05) is 11.6 Å². The lowest BCUT2D eigenvalue weighted by Gasteiger charge is -1.95. The zero-order chi connectivity index (χ0) is 10.7. The van der Waals surface area contributed by atoms with Crippen molar-refractivity contribution < 1.29 is 0 Å². The normalized spacial score (nSPS) is 9.87. The molecule has 0 amide bonds. The Bertz CT molecular complexity index is 511. The van der Waals surface area contributed by atoms with Gasteiger partial charge in [-0.2, -0.15) is 5.26 Å². The van der Waals surface area contributed by atoms with Gasteiger partial charge in [-0.1, -0.05) is 0 Å². The summed E-state index contributed by atoms with van der Waals surface area (Å²) in [6.07, 6.45) is 2.14. The van der Waals surface area contributed by atoms with Gasteiger partial charge in [-0.25, -0.2) is 4.98 Å². The summed E-state index contributed by atoms with van der Waals surface area (Å²) < 4.78 is 0. The highest BCUT2D eigenvalue weighted by Crippen LogP contribution is 2.22. The van der Waals surface area contributed by atoms with Crippen molar-refractivity contribution in [2.24, 2.45) is 0 Å². The number of hydrogen-bond donors (Lipinski definition) is 0. The van der Waals surface area contributed by atoms with Crippen LogP contribution < -0.4 is 0 Å². The standard InChI is InChI=1S/C11H9N3S/c1-8-3-5-13-10(6-8)11-14-9(2-4-12)7-15-11/h3,5-7H,2H2,1H3. The van der Waals surface area contributed by atoms with Gasteiger partial charge in [0.2, 0.25) is 0 Å². The average molecular weight is 215 g/mol. The van der Waals surface area contributed by atoms with E-state index in [2.05, 4.69) is 16.0 Å². The molecule has 0 radical (unpaired) electrons. The Morgan fingerprint density at radius 3 is 3.13 bits per heavy atom. The van der Waals surface area contributed by atoms with E-state index in [1.54, 1.807) is 6.20 Å². The first kappa shape index (κ1) is 9.81. The highest BCUT2D eigenvalue weighted by molar-refractivity contribution is 7.13. The van der Waals surface area contributed by atoms with Crippen LogP contribution in [0.15, 0.2) is 23.7 Å². The molecule has 0 saturated heterocycles. The fourth-order valence-corrected chi connectivity index (χ4v) is 2.03. The number of hydrogen-bond acceptors (Lipinski definition) is 4. The molecule has 0 aliphatic carbocycles. The van der Waals surface area contributed by atoms with E-state index in [-0.39, 0.29) is 0 Å². The van der Waals surface area contributed by atoms with Crippen LogP contribution in [0.25, 0.3) is 10.7 Å². The maximum absolute atomic E-state index is 8.54. The molecule has 74 valence electrons. The maximum atomic E-state index is 8.54. The van der Waals surface area contributed by atoms with Gasteiger partial charge in [-0.05, 0) is 24.6 Å². The summed E-state index contributed by atoms with van der Waals surface area (Å²) >= 11 is 1.53. The van der Waals surface area contributed by atoms with E-state index in [4.69, 9.17) is 5.26 Å². The lowest BCUT2D eigenvalue weighted by atomic mass is 10.2. The van der Waals surface area contributed by atoms with Crippen molar-refractivity contribution in [2.45, 2.75) is 13.3 Å². The molecule has 0 aliphatic heterocycles. The smallest absolute Gasteiger partial charge is 0.142 e. The highest BCUT2D eigenvalue weighted by Gasteiger charge is 2.05. The quantitative estimate of drug-likeness (QED) is 0.773. The van der Waals surface area contributed by atoms with Crippen molar-refractivity contribution in [3.05, 3.63) is 35.0 Å². The summed E-state index contributed by atoms with van der Waals surface area (Å²) in [5, 5.41) is 11.3. The van der Waals surface area contributed by atoms with Crippen molar-refractivity contribution in [3.63, 3.8) is 0 Å². The Labute approximate surface area is 92.1 Å². The van der Waals surface area contributed by atoms with Crippen LogP contribution in [0.3, 0.4) is 0 Å². The number of pyridine rings is 1. The molecular weight excluding hydrogens is 206 g/mol. The Hall–Kier alpha value is -1.73. The van der Waals surface area contributed by atoms with E-state index in [9.17, 15) is 0 Å². The summed E-state index contributed by atoms with van der Waals surface area (Å²) in [6.45, 7) is 2.02. The van der Waals surface area contributed by atoms with E-state index in [0.717, 1.165) is 22.0 Å². The number of rotatable bonds is 2. The van der Waals surface area contributed by atoms with Crippen LogP contribution in [0.4, 0.5) is 0 Å². The summed E-state index contributed by atoms with van der Waals surface area (Å²) in [4.78, 5) is 8.59. The first-order chi connectivity index (χ1) is 7.29. The molecule has 2 heterocycles. The minimum Gasteiger partial charge on any atom is -0.254 e. The average Bonchev–Trinajstić information content (AvgIpc) is 2.67. The van der Waals surface area contributed by atoms with Gasteiger partial charge < -0.3 is 0 Å². The zero-order valence-corrected chi connectivity index (χ0v) is 9.08. The van der Waals surface area contributed by atoms with Gasteiger partial charge in [0.05, 0.1) is 23.9 Å². The summed E-state index contributed by atoms with van der Waals surface area (Å²) in [7, 11) is 0. The molecule has 0 spiro atoms. The van der Waals surface area contributed by atoms with E-state index in [0.29, 0.717) is 6.42 Å². The molecule has 0 aliphatic rings. The SMILES string of the molecule is Cc1ccnc(-c2nc(CC#N)cs2)c1. The molecule has 2 aromatic rings. The molecule has 0 bridgehead atoms. The minimum absolute atomic E-state index is 0.363. The third-order valence-corrected chi connectivity index (χ3v) is 2.86. The number of aryl methyl sites for hydroxylation is 1. The van der Waals surface area contributed by atoms with E-state index >= 15 is 0 Å². The molecular formula is C11H9N3S. The third-order valence-electron chi connectivity index (χ3n) is 1.95. The predicted molar refractivity (Wildman–Crippen MR) is 59.4 cm³/mol. The fraction of sp³-hybridized carbons (Fsp3) is 0.182. The van der Waals surface area contributed by atoms with Gasteiger partial charge in [0.15, 0.2) is 0 Å². The second-order valence-electron chi connectivity index (χ2n) is 3.20. The molecule has 0 atom stereocenters. The molecule has 2 aromatic heterocycles. The number of thiazole rings is 1. The molecule has 0 saturated carbocycles. The molecule has 0 fully saturated rings. The fourth-order valence-electron chi connectivity index (χ4n) is 1.24. The van der Waals surface area contributed by atoms with Gasteiger partial charge in [-0.15, -0.1) is 11.3 Å². The number of nitrogens with zero attached hydrogens (tertiary/aromatic N) is 3. The van der Waals surface area contributed by atoms with Crippen molar-refractivity contribution in [1.82, 2.24) is 9.97 Å². The molecule has 0 aromatic carbocycles. The monoisotopic (exact) mass is 215 g/mol. The highest BCUT2D eigenvalue weighted by atomic mass is 32.1.